The zero-order valence-corrected chi connectivity index (χ0v) is 17.4. The van der Waals surface area contributed by atoms with Gasteiger partial charge in [-0.2, -0.15) is 5.26 Å². The molecule has 2 unspecified atom stereocenters. The SMILES string of the molecule is CC(=O)SC1CCN(C(C(=O)C2CC2)c2ccccc2F)C/C1=C/CC#N.Cl. The molecule has 1 aromatic rings. The third kappa shape index (κ3) is 5.44. The second-order valence-electron chi connectivity index (χ2n) is 7.10. The lowest BCUT2D eigenvalue weighted by Crippen LogP contribution is -2.43. The summed E-state index contributed by atoms with van der Waals surface area (Å²) in [5.41, 5.74) is 1.40. The summed E-state index contributed by atoms with van der Waals surface area (Å²) in [7, 11) is 0. The molecule has 28 heavy (non-hydrogen) atoms. The van der Waals surface area contributed by atoms with Crippen LogP contribution < -0.4 is 0 Å². The topological polar surface area (TPSA) is 61.2 Å². The highest BCUT2D eigenvalue weighted by molar-refractivity contribution is 8.14. The van der Waals surface area contributed by atoms with E-state index in [4.69, 9.17) is 5.26 Å². The molecular weight excluding hydrogens is 399 g/mol. The van der Waals surface area contributed by atoms with Gasteiger partial charge in [-0.15, -0.1) is 12.4 Å². The Labute approximate surface area is 175 Å². The number of hydrogen-bond acceptors (Lipinski definition) is 5. The molecule has 0 bridgehead atoms. The molecule has 0 amide bonds. The maximum Gasteiger partial charge on any atom is 0.186 e. The van der Waals surface area contributed by atoms with Crippen molar-refractivity contribution in [3.63, 3.8) is 0 Å². The first-order valence-electron chi connectivity index (χ1n) is 9.26. The molecule has 150 valence electrons. The van der Waals surface area contributed by atoms with Gasteiger partial charge in [0.25, 0.3) is 0 Å². The summed E-state index contributed by atoms with van der Waals surface area (Å²) in [4.78, 5) is 26.6. The van der Waals surface area contributed by atoms with Crippen LogP contribution in [0.15, 0.2) is 35.9 Å². The molecule has 0 N–H and O–H groups in total. The lowest BCUT2D eigenvalue weighted by molar-refractivity contribution is -0.126. The number of hydrogen-bond donors (Lipinski definition) is 0. The lowest BCUT2D eigenvalue weighted by atomic mass is 9.93. The number of halogens is 2. The molecule has 1 aliphatic carbocycles. The number of thioether (sulfide) groups is 1. The summed E-state index contributed by atoms with van der Waals surface area (Å²) >= 11 is 1.27. The number of Topliss-reactive ketones (excluding diaryl/α,β-unsaturated/α-hetero) is 1. The van der Waals surface area contributed by atoms with E-state index in [1.165, 1.54) is 24.8 Å². The van der Waals surface area contributed by atoms with Crippen molar-refractivity contribution in [2.45, 2.75) is 43.9 Å². The highest BCUT2D eigenvalue weighted by Crippen LogP contribution is 2.40. The van der Waals surface area contributed by atoms with Gasteiger partial charge >= 0.3 is 0 Å². The fourth-order valence-corrected chi connectivity index (χ4v) is 4.58. The Kier molecular flexibility index (Phi) is 8.23. The van der Waals surface area contributed by atoms with Crippen LogP contribution in [0.4, 0.5) is 4.39 Å². The van der Waals surface area contributed by atoms with Crippen molar-refractivity contribution in [1.82, 2.24) is 4.90 Å². The van der Waals surface area contributed by atoms with Gasteiger partial charge in [0.1, 0.15) is 5.82 Å². The molecule has 3 rings (SSSR count). The second-order valence-corrected chi connectivity index (χ2v) is 8.48. The molecule has 4 nitrogen and oxygen atoms in total. The summed E-state index contributed by atoms with van der Waals surface area (Å²) in [6.07, 6.45) is 4.56. The zero-order valence-electron chi connectivity index (χ0n) is 15.8. The molecule has 7 heteroatoms. The van der Waals surface area contributed by atoms with Crippen LogP contribution in [0, 0.1) is 23.1 Å². The maximum atomic E-state index is 14.5. The molecule has 1 heterocycles. The summed E-state index contributed by atoms with van der Waals surface area (Å²) in [5, 5.41) is 8.99. The van der Waals surface area contributed by atoms with Crippen molar-refractivity contribution in [2.24, 2.45) is 5.92 Å². The van der Waals surface area contributed by atoms with E-state index in [1.54, 1.807) is 18.2 Å². The van der Waals surface area contributed by atoms with Crippen molar-refractivity contribution < 1.29 is 14.0 Å². The fraction of sp³-hybridized carbons (Fsp3) is 0.476. The molecule has 1 saturated heterocycles. The quantitative estimate of drug-likeness (QED) is 0.633. The van der Waals surface area contributed by atoms with E-state index in [2.05, 4.69) is 6.07 Å². The standard InChI is InChI=1S/C21H23FN2O2S.ClH/c1-14(25)27-19-10-12-24(13-16(19)5-4-11-23)20(21(26)15-8-9-15)17-6-2-3-7-18(17)22;/h2-3,5-7,15,19-20H,4,8-10,12-13H2,1H3;1H/b16-5-;. The Bertz CT molecular complexity index is 804. The number of nitrogens with zero attached hydrogens (tertiary/aromatic N) is 2. The fourth-order valence-electron chi connectivity index (χ4n) is 3.63. The van der Waals surface area contributed by atoms with Gasteiger partial charge in [0, 0.05) is 36.7 Å². The van der Waals surface area contributed by atoms with Crippen LogP contribution >= 0.6 is 24.2 Å². The maximum absolute atomic E-state index is 14.5. The number of ketones is 1. The monoisotopic (exact) mass is 422 g/mol. The largest absolute Gasteiger partial charge is 0.297 e. The number of rotatable bonds is 6. The second kappa shape index (κ2) is 10.2. The third-order valence-electron chi connectivity index (χ3n) is 5.06. The predicted molar refractivity (Wildman–Crippen MR) is 111 cm³/mol. The number of carbonyl (C=O) groups is 2. The van der Waals surface area contributed by atoms with E-state index in [0.717, 1.165) is 18.4 Å². The lowest BCUT2D eigenvalue weighted by Gasteiger charge is -2.38. The van der Waals surface area contributed by atoms with Crippen LogP contribution in [0.1, 0.15) is 44.2 Å². The van der Waals surface area contributed by atoms with Gasteiger partial charge in [0.15, 0.2) is 10.9 Å². The number of benzene rings is 1. The molecule has 2 fully saturated rings. The Morgan fingerprint density at radius 1 is 1.36 bits per heavy atom. The first-order valence-corrected chi connectivity index (χ1v) is 10.1. The Balaban J connectivity index is 0.00000280. The minimum absolute atomic E-state index is 0. The van der Waals surface area contributed by atoms with Gasteiger partial charge in [-0.25, -0.2) is 4.39 Å². The van der Waals surface area contributed by atoms with Crippen LogP contribution in [-0.4, -0.2) is 34.1 Å². The first-order chi connectivity index (χ1) is 13.0. The highest BCUT2D eigenvalue weighted by Gasteiger charge is 2.41. The van der Waals surface area contributed by atoms with Gasteiger partial charge in [-0.3, -0.25) is 14.5 Å². The van der Waals surface area contributed by atoms with Gasteiger partial charge in [-0.05, 0) is 30.9 Å². The number of likely N-dealkylation sites (tertiary alicyclic amines) is 1. The van der Waals surface area contributed by atoms with Gasteiger partial charge in [0.05, 0.1) is 18.5 Å². The molecule has 2 aliphatic rings. The molecule has 0 radical (unpaired) electrons. The number of nitriles is 1. The van der Waals surface area contributed by atoms with Crippen LogP contribution in [-0.2, 0) is 9.59 Å². The van der Waals surface area contributed by atoms with Gasteiger partial charge in [0.2, 0.25) is 0 Å². The van der Waals surface area contributed by atoms with Crippen molar-refractivity contribution >= 4 is 35.1 Å². The minimum atomic E-state index is -0.604. The summed E-state index contributed by atoms with van der Waals surface area (Å²) in [6, 6.07) is 7.98. The van der Waals surface area contributed by atoms with Crippen molar-refractivity contribution in [2.75, 3.05) is 13.1 Å². The number of piperidine rings is 1. The Hall–Kier alpha value is -1.68. The molecule has 0 spiro atoms. The summed E-state index contributed by atoms with van der Waals surface area (Å²) < 4.78 is 14.5. The highest BCUT2D eigenvalue weighted by atomic mass is 35.5. The van der Waals surface area contributed by atoms with Crippen LogP contribution in [0.2, 0.25) is 0 Å². The van der Waals surface area contributed by atoms with E-state index >= 15 is 0 Å². The van der Waals surface area contributed by atoms with Crippen LogP contribution in [0.25, 0.3) is 0 Å². The van der Waals surface area contributed by atoms with Gasteiger partial charge < -0.3 is 0 Å². The first kappa shape index (κ1) is 22.6. The third-order valence-corrected chi connectivity index (χ3v) is 6.21. The number of carbonyl (C=O) groups excluding carboxylic acids is 2. The van der Waals surface area contributed by atoms with Crippen LogP contribution in [0.3, 0.4) is 0 Å². The van der Waals surface area contributed by atoms with E-state index < -0.39 is 6.04 Å². The molecule has 1 aromatic carbocycles. The normalized spacial score (nSPS) is 22.2. The Morgan fingerprint density at radius 2 is 2.07 bits per heavy atom. The van der Waals surface area contributed by atoms with E-state index in [-0.39, 0.29) is 46.7 Å². The van der Waals surface area contributed by atoms with Crippen molar-refractivity contribution in [3.8, 4) is 6.07 Å². The van der Waals surface area contributed by atoms with Crippen molar-refractivity contribution in [3.05, 3.63) is 47.3 Å². The zero-order chi connectivity index (χ0) is 19.4. The van der Waals surface area contributed by atoms with Crippen LogP contribution in [0.5, 0.6) is 0 Å². The predicted octanol–water partition coefficient (Wildman–Crippen LogP) is 4.46. The average Bonchev–Trinajstić information content (AvgIpc) is 3.48. The molecule has 1 saturated carbocycles. The van der Waals surface area contributed by atoms with Crippen molar-refractivity contribution in [1.29, 1.82) is 5.26 Å². The molecule has 0 aromatic heterocycles. The molecular formula is C21H24ClFN2O2S. The average molecular weight is 423 g/mol. The van der Waals surface area contributed by atoms with E-state index in [1.807, 2.05) is 11.0 Å². The summed E-state index contributed by atoms with van der Waals surface area (Å²) in [6.45, 7) is 2.63. The van der Waals surface area contributed by atoms with E-state index in [0.29, 0.717) is 25.1 Å². The number of allylic oxidation sites excluding steroid dienone is 1. The molecule has 1 aliphatic heterocycles. The smallest absolute Gasteiger partial charge is 0.186 e. The van der Waals surface area contributed by atoms with Gasteiger partial charge in [-0.1, -0.05) is 36.0 Å². The van der Waals surface area contributed by atoms with E-state index in [9.17, 15) is 14.0 Å². The molecule has 2 atom stereocenters. The summed E-state index contributed by atoms with van der Waals surface area (Å²) in [5.74, 6) is -0.262. The minimum Gasteiger partial charge on any atom is -0.297 e. The Morgan fingerprint density at radius 3 is 2.68 bits per heavy atom.